The maximum atomic E-state index is 5.39. The van der Waals surface area contributed by atoms with Crippen LogP contribution in [0, 0.1) is 0 Å². The Morgan fingerprint density at radius 3 is 2.95 bits per heavy atom. The molecule has 0 aliphatic heterocycles. The van der Waals surface area contributed by atoms with Gasteiger partial charge in [-0.15, -0.1) is 0 Å². The van der Waals surface area contributed by atoms with Crippen LogP contribution >= 0.6 is 0 Å². The standard InChI is InChI=1S/C15H19N3O/c1-19-15-5-3-2-4-12(15)11-18-14(8-9-17-18)10-16-13-6-7-13/h2-5,8-9,13,16H,6-7,10-11H2,1H3. The van der Waals surface area contributed by atoms with E-state index in [0.29, 0.717) is 0 Å². The molecule has 4 heteroatoms. The smallest absolute Gasteiger partial charge is 0.123 e. The van der Waals surface area contributed by atoms with Gasteiger partial charge >= 0.3 is 0 Å². The van der Waals surface area contributed by atoms with Gasteiger partial charge in [0.05, 0.1) is 19.3 Å². The lowest BCUT2D eigenvalue weighted by atomic mass is 10.2. The van der Waals surface area contributed by atoms with E-state index in [1.165, 1.54) is 18.5 Å². The minimum Gasteiger partial charge on any atom is -0.496 e. The molecule has 1 aromatic heterocycles. The SMILES string of the molecule is COc1ccccc1Cn1nccc1CNC1CC1. The van der Waals surface area contributed by atoms with Crippen LogP contribution in [0.3, 0.4) is 0 Å². The van der Waals surface area contributed by atoms with Gasteiger partial charge in [0.15, 0.2) is 0 Å². The molecular weight excluding hydrogens is 238 g/mol. The van der Waals surface area contributed by atoms with E-state index >= 15 is 0 Å². The summed E-state index contributed by atoms with van der Waals surface area (Å²) in [5, 5.41) is 7.93. The molecule has 0 saturated heterocycles. The number of hydrogen-bond donors (Lipinski definition) is 1. The zero-order valence-electron chi connectivity index (χ0n) is 11.2. The van der Waals surface area contributed by atoms with Gasteiger partial charge in [-0.1, -0.05) is 18.2 Å². The van der Waals surface area contributed by atoms with E-state index in [2.05, 4.69) is 22.5 Å². The summed E-state index contributed by atoms with van der Waals surface area (Å²) in [5.74, 6) is 0.916. The van der Waals surface area contributed by atoms with E-state index in [1.807, 2.05) is 29.1 Å². The average molecular weight is 257 g/mol. The summed E-state index contributed by atoms with van der Waals surface area (Å²) in [6.45, 7) is 1.64. The number of para-hydroxylation sites is 1. The van der Waals surface area contributed by atoms with Crippen molar-refractivity contribution < 1.29 is 4.74 Å². The number of aromatic nitrogens is 2. The van der Waals surface area contributed by atoms with Crippen LogP contribution in [0.2, 0.25) is 0 Å². The van der Waals surface area contributed by atoms with E-state index < -0.39 is 0 Å². The van der Waals surface area contributed by atoms with Crippen LogP contribution < -0.4 is 10.1 Å². The first-order valence-electron chi connectivity index (χ1n) is 6.73. The summed E-state index contributed by atoms with van der Waals surface area (Å²) in [7, 11) is 1.71. The van der Waals surface area contributed by atoms with Gasteiger partial charge in [-0.2, -0.15) is 5.10 Å². The molecule has 0 amide bonds. The van der Waals surface area contributed by atoms with Crippen molar-refractivity contribution in [1.82, 2.24) is 15.1 Å². The zero-order valence-corrected chi connectivity index (χ0v) is 11.2. The van der Waals surface area contributed by atoms with Crippen LogP contribution in [0.25, 0.3) is 0 Å². The third-order valence-electron chi connectivity index (χ3n) is 3.47. The molecule has 0 spiro atoms. The van der Waals surface area contributed by atoms with E-state index in [-0.39, 0.29) is 0 Å². The quantitative estimate of drug-likeness (QED) is 0.862. The molecule has 0 atom stereocenters. The fourth-order valence-electron chi connectivity index (χ4n) is 2.18. The Morgan fingerprint density at radius 2 is 2.16 bits per heavy atom. The second-order valence-electron chi connectivity index (χ2n) is 4.95. The van der Waals surface area contributed by atoms with E-state index in [1.54, 1.807) is 7.11 Å². The van der Waals surface area contributed by atoms with Gasteiger partial charge in [0, 0.05) is 24.3 Å². The summed E-state index contributed by atoms with van der Waals surface area (Å²) in [6, 6.07) is 10.9. The first-order chi connectivity index (χ1) is 9.36. The van der Waals surface area contributed by atoms with Gasteiger partial charge in [-0.3, -0.25) is 4.68 Å². The minimum atomic E-state index is 0.717. The zero-order chi connectivity index (χ0) is 13.1. The van der Waals surface area contributed by atoms with Crippen molar-refractivity contribution in [3.8, 4) is 5.75 Å². The molecule has 3 rings (SSSR count). The van der Waals surface area contributed by atoms with Crippen molar-refractivity contribution in [2.45, 2.75) is 32.0 Å². The normalized spacial score (nSPS) is 14.6. The number of rotatable bonds is 6. The monoisotopic (exact) mass is 257 g/mol. The van der Waals surface area contributed by atoms with Gasteiger partial charge in [0.25, 0.3) is 0 Å². The van der Waals surface area contributed by atoms with E-state index in [9.17, 15) is 0 Å². The Labute approximate surface area is 113 Å². The Kier molecular flexibility index (Phi) is 3.51. The molecule has 0 bridgehead atoms. The second kappa shape index (κ2) is 5.45. The average Bonchev–Trinajstić information content (AvgIpc) is 3.17. The maximum absolute atomic E-state index is 5.39. The molecule has 1 saturated carbocycles. The summed E-state index contributed by atoms with van der Waals surface area (Å²) < 4.78 is 7.42. The molecule has 1 aromatic carbocycles. The highest BCUT2D eigenvalue weighted by molar-refractivity contribution is 5.33. The molecule has 1 heterocycles. The van der Waals surface area contributed by atoms with Gasteiger partial charge in [-0.25, -0.2) is 0 Å². The molecule has 0 unspecified atom stereocenters. The molecule has 0 radical (unpaired) electrons. The summed E-state index contributed by atoms with van der Waals surface area (Å²) in [5.41, 5.74) is 2.37. The Balaban J connectivity index is 1.73. The molecule has 19 heavy (non-hydrogen) atoms. The van der Waals surface area contributed by atoms with Gasteiger partial charge in [-0.05, 0) is 25.0 Å². The van der Waals surface area contributed by atoms with E-state index in [4.69, 9.17) is 4.74 Å². The van der Waals surface area contributed by atoms with Crippen molar-refractivity contribution in [3.63, 3.8) is 0 Å². The van der Waals surface area contributed by atoms with Crippen LogP contribution in [0.4, 0.5) is 0 Å². The summed E-state index contributed by atoms with van der Waals surface area (Å²) in [4.78, 5) is 0. The first kappa shape index (κ1) is 12.2. The van der Waals surface area contributed by atoms with Crippen molar-refractivity contribution in [2.24, 2.45) is 0 Å². The van der Waals surface area contributed by atoms with Crippen molar-refractivity contribution >= 4 is 0 Å². The van der Waals surface area contributed by atoms with Crippen molar-refractivity contribution in [2.75, 3.05) is 7.11 Å². The van der Waals surface area contributed by atoms with Gasteiger partial charge in [0.2, 0.25) is 0 Å². The van der Waals surface area contributed by atoms with Crippen LogP contribution in [0.1, 0.15) is 24.1 Å². The lowest BCUT2D eigenvalue weighted by Crippen LogP contribution is -2.19. The fraction of sp³-hybridized carbons (Fsp3) is 0.400. The highest BCUT2D eigenvalue weighted by atomic mass is 16.5. The topological polar surface area (TPSA) is 39.1 Å². The predicted molar refractivity (Wildman–Crippen MR) is 74.2 cm³/mol. The molecular formula is C15H19N3O. The van der Waals surface area contributed by atoms with Crippen molar-refractivity contribution in [1.29, 1.82) is 0 Å². The third-order valence-corrected chi connectivity index (χ3v) is 3.47. The Hall–Kier alpha value is -1.81. The van der Waals surface area contributed by atoms with Gasteiger partial charge in [0.1, 0.15) is 5.75 Å². The third kappa shape index (κ3) is 2.96. The summed E-state index contributed by atoms with van der Waals surface area (Å²) in [6.07, 6.45) is 4.47. The molecule has 1 aliphatic rings. The van der Waals surface area contributed by atoms with E-state index in [0.717, 1.165) is 30.4 Å². The first-order valence-corrected chi connectivity index (χ1v) is 6.73. The Morgan fingerprint density at radius 1 is 1.32 bits per heavy atom. The molecule has 2 aromatic rings. The lowest BCUT2D eigenvalue weighted by Gasteiger charge is -2.11. The number of hydrogen-bond acceptors (Lipinski definition) is 3. The number of nitrogens with zero attached hydrogens (tertiary/aromatic N) is 2. The maximum Gasteiger partial charge on any atom is 0.123 e. The van der Waals surface area contributed by atoms with Gasteiger partial charge < -0.3 is 10.1 Å². The second-order valence-corrected chi connectivity index (χ2v) is 4.95. The van der Waals surface area contributed by atoms with Crippen LogP contribution in [0.5, 0.6) is 5.75 Å². The molecule has 100 valence electrons. The highest BCUT2D eigenvalue weighted by Crippen LogP contribution is 2.21. The molecule has 1 aliphatic carbocycles. The van der Waals surface area contributed by atoms with Crippen molar-refractivity contribution in [3.05, 3.63) is 47.8 Å². The highest BCUT2D eigenvalue weighted by Gasteiger charge is 2.20. The van der Waals surface area contributed by atoms with Crippen LogP contribution in [-0.4, -0.2) is 22.9 Å². The molecule has 1 N–H and O–H groups in total. The number of ether oxygens (including phenoxy) is 1. The van der Waals surface area contributed by atoms with Crippen LogP contribution in [0.15, 0.2) is 36.5 Å². The fourth-order valence-corrected chi connectivity index (χ4v) is 2.18. The predicted octanol–water partition coefficient (Wildman–Crippen LogP) is 2.19. The molecule has 1 fully saturated rings. The minimum absolute atomic E-state index is 0.717. The number of methoxy groups -OCH3 is 1. The lowest BCUT2D eigenvalue weighted by molar-refractivity contribution is 0.406. The number of benzene rings is 1. The number of nitrogens with one attached hydrogen (secondary N) is 1. The largest absolute Gasteiger partial charge is 0.496 e. The molecule has 4 nitrogen and oxygen atoms in total. The Bertz CT molecular complexity index is 546. The summed E-state index contributed by atoms with van der Waals surface area (Å²) >= 11 is 0. The van der Waals surface area contributed by atoms with Crippen LogP contribution in [-0.2, 0) is 13.1 Å².